The van der Waals surface area contributed by atoms with Crippen LogP contribution in [0.15, 0.2) is 0 Å². The summed E-state index contributed by atoms with van der Waals surface area (Å²) in [5.41, 5.74) is -0.0909. The third-order valence-electron chi connectivity index (χ3n) is 4.20. The molecule has 2 aliphatic carbocycles. The number of hydrogen-bond acceptors (Lipinski definition) is 2. The van der Waals surface area contributed by atoms with Crippen molar-refractivity contribution in [3.05, 3.63) is 0 Å². The molecule has 2 heteroatoms. The molecule has 0 N–H and O–H groups in total. The number of carbonyl (C=O) groups is 1. The van der Waals surface area contributed by atoms with Gasteiger partial charge in [0.05, 0.1) is 12.5 Å². The van der Waals surface area contributed by atoms with E-state index >= 15 is 0 Å². The van der Waals surface area contributed by atoms with Crippen LogP contribution in [-0.2, 0) is 9.53 Å². The Labute approximate surface area is 86.0 Å². The fourth-order valence-corrected chi connectivity index (χ4v) is 3.67. The summed E-state index contributed by atoms with van der Waals surface area (Å²) >= 11 is 0. The van der Waals surface area contributed by atoms with Crippen molar-refractivity contribution >= 4 is 5.97 Å². The van der Waals surface area contributed by atoms with Crippen LogP contribution in [0, 0.1) is 17.3 Å². The third-order valence-corrected chi connectivity index (χ3v) is 4.20. The molecule has 0 aromatic rings. The molecule has 0 saturated heterocycles. The van der Waals surface area contributed by atoms with E-state index < -0.39 is 0 Å². The van der Waals surface area contributed by atoms with E-state index in [0.29, 0.717) is 11.8 Å². The Kier molecular flexibility index (Phi) is 2.54. The summed E-state index contributed by atoms with van der Waals surface area (Å²) in [7, 11) is 1.53. The second-order valence-corrected chi connectivity index (χ2v) is 5.14. The maximum atomic E-state index is 11.9. The molecule has 3 atom stereocenters. The summed E-state index contributed by atoms with van der Waals surface area (Å²) in [6.45, 7) is 2.27. The Bertz CT molecular complexity index is 236. The average Bonchev–Trinajstić information content (AvgIpc) is 2.53. The molecule has 2 nitrogen and oxygen atoms in total. The predicted octanol–water partition coefficient (Wildman–Crippen LogP) is 2.77. The van der Waals surface area contributed by atoms with Crippen LogP contribution in [0.25, 0.3) is 0 Å². The first-order valence-corrected chi connectivity index (χ1v) is 5.77. The molecule has 1 unspecified atom stereocenters. The van der Waals surface area contributed by atoms with Crippen molar-refractivity contribution in [3.8, 4) is 0 Å². The molecule has 2 rings (SSSR count). The van der Waals surface area contributed by atoms with E-state index in [0.717, 1.165) is 12.8 Å². The van der Waals surface area contributed by atoms with Gasteiger partial charge in [-0.25, -0.2) is 0 Å². The molecule has 2 fully saturated rings. The lowest BCUT2D eigenvalue weighted by Gasteiger charge is -2.36. The maximum absolute atomic E-state index is 11.9. The number of methoxy groups -OCH3 is 1. The number of fused-ring (bicyclic) bond motifs is 1. The highest BCUT2D eigenvalue weighted by Crippen LogP contribution is 2.54. The van der Waals surface area contributed by atoms with Gasteiger partial charge in [0.25, 0.3) is 0 Å². The van der Waals surface area contributed by atoms with Crippen molar-refractivity contribution in [2.45, 2.75) is 45.4 Å². The highest BCUT2D eigenvalue weighted by atomic mass is 16.5. The lowest BCUT2D eigenvalue weighted by atomic mass is 9.68. The number of carbonyl (C=O) groups excluding carboxylic acids is 1. The normalized spacial score (nSPS) is 41.9. The van der Waals surface area contributed by atoms with E-state index in [1.165, 1.54) is 32.8 Å². The van der Waals surface area contributed by atoms with Crippen molar-refractivity contribution in [1.82, 2.24) is 0 Å². The standard InChI is InChI=1S/C12H20O2/c1-9-7-10-5-3-4-6-12(10,8-9)11(13)14-2/h9-10H,3-8H2,1-2H3/t9?,10-,12+/m1/s1. The molecule has 80 valence electrons. The molecule has 2 saturated carbocycles. The minimum Gasteiger partial charge on any atom is -0.469 e. The van der Waals surface area contributed by atoms with Gasteiger partial charge in [0.15, 0.2) is 0 Å². The van der Waals surface area contributed by atoms with Gasteiger partial charge in [0.2, 0.25) is 0 Å². The van der Waals surface area contributed by atoms with Gasteiger partial charge in [-0.1, -0.05) is 19.8 Å². The number of ether oxygens (including phenoxy) is 1. The van der Waals surface area contributed by atoms with Crippen molar-refractivity contribution in [3.63, 3.8) is 0 Å². The molecule has 0 aromatic carbocycles. The van der Waals surface area contributed by atoms with E-state index in [4.69, 9.17) is 4.74 Å². The predicted molar refractivity (Wildman–Crippen MR) is 54.8 cm³/mol. The number of hydrogen-bond donors (Lipinski definition) is 0. The van der Waals surface area contributed by atoms with Crippen LogP contribution in [0.3, 0.4) is 0 Å². The zero-order valence-electron chi connectivity index (χ0n) is 9.21. The Hall–Kier alpha value is -0.530. The van der Waals surface area contributed by atoms with E-state index in [9.17, 15) is 4.79 Å². The van der Waals surface area contributed by atoms with Gasteiger partial charge in [0, 0.05) is 0 Å². The van der Waals surface area contributed by atoms with Crippen molar-refractivity contribution in [2.75, 3.05) is 7.11 Å². The van der Waals surface area contributed by atoms with E-state index in [1.54, 1.807) is 0 Å². The summed E-state index contributed by atoms with van der Waals surface area (Å²) in [5, 5.41) is 0. The molecule has 0 aromatic heterocycles. The van der Waals surface area contributed by atoms with Gasteiger partial charge < -0.3 is 4.74 Å². The fraction of sp³-hybridized carbons (Fsp3) is 0.917. The summed E-state index contributed by atoms with van der Waals surface area (Å²) < 4.78 is 5.00. The average molecular weight is 196 g/mol. The lowest BCUT2D eigenvalue weighted by molar-refractivity contribution is -0.157. The number of rotatable bonds is 1. The Morgan fingerprint density at radius 1 is 1.43 bits per heavy atom. The van der Waals surface area contributed by atoms with E-state index in [2.05, 4.69) is 6.92 Å². The SMILES string of the molecule is COC(=O)[C@]12CCCC[C@@H]1CC(C)C2. The highest BCUT2D eigenvalue weighted by Gasteiger charge is 2.52. The summed E-state index contributed by atoms with van der Waals surface area (Å²) in [4.78, 5) is 11.9. The van der Waals surface area contributed by atoms with Crippen LogP contribution in [0.4, 0.5) is 0 Å². The first-order chi connectivity index (χ1) is 6.69. The van der Waals surface area contributed by atoms with Gasteiger partial charge in [-0.05, 0) is 37.5 Å². The minimum absolute atomic E-state index is 0.0616. The van der Waals surface area contributed by atoms with Crippen LogP contribution < -0.4 is 0 Å². The molecular formula is C12H20O2. The van der Waals surface area contributed by atoms with Crippen molar-refractivity contribution in [1.29, 1.82) is 0 Å². The first kappa shape index (κ1) is 10.0. The van der Waals surface area contributed by atoms with Crippen LogP contribution in [0.5, 0.6) is 0 Å². The minimum atomic E-state index is -0.0909. The molecule has 0 radical (unpaired) electrons. The molecule has 0 spiro atoms. The summed E-state index contributed by atoms with van der Waals surface area (Å²) in [6.07, 6.45) is 7.10. The third kappa shape index (κ3) is 1.35. The van der Waals surface area contributed by atoms with Crippen LogP contribution >= 0.6 is 0 Å². The topological polar surface area (TPSA) is 26.3 Å². The van der Waals surface area contributed by atoms with E-state index in [1.807, 2.05) is 0 Å². The fourth-order valence-electron chi connectivity index (χ4n) is 3.67. The summed E-state index contributed by atoms with van der Waals surface area (Å²) in [6, 6.07) is 0. The van der Waals surface area contributed by atoms with Gasteiger partial charge in [-0.3, -0.25) is 4.79 Å². The Morgan fingerprint density at radius 3 is 2.93 bits per heavy atom. The molecule has 0 amide bonds. The lowest BCUT2D eigenvalue weighted by Crippen LogP contribution is -2.38. The van der Waals surface area contributed by atoms with Gasteiger partial charge >= 0.3 is 5.97 Å². The van der Waals surface area contributed by atoms with Crippen molar-refractivity contribution in [2.24, 2.45) is 17.3 Å². The molecule has 0 heterocycles. The van der Waals surface area contributed by atoms with Gasteiger partial charge in [0.1, 0.15) is 0 Å². The second-order valence-electron chi connectivity index (χ2n) is 5.14. The largest absolute Gasteiger partial charge is 0.469 e. The Balaban J connectivity index is 2.23. The van der Waals surface area contributed by atoms with Crippen LogP contribution in [0.2, 0.25) is 0 Å². The maximum Gasteiger partial charge on any atom is 0.312 e. The van der Waals surface area contributed by atoms with Crippen molar-refractivity contribution < 1.29 is 9.53 Å². The second kappa shape index (κ2) is 3.56. The zero-order valence-corrected chi connectivity index (χ0v) is 9.21. The first-order valence-electron chi connectivity index (χ1n) is 5.77. The number of esters is 1. The van der Waals surface area contributed by atoms with E-state index in [-0.39, 0.29) is 11.4 Å². The Morgan fingerprint density at radius 2 is 2.21 bits per heavy atom. The quantitative estimate of drug-likeness (QED) is 0.603. The molecule has 0 bridgehead atoms. The molecule has 0 aliphatic heterocycles. The smallest absolute Gasteiger partial charge is 0.312 e. The monoisotopic (exact) mass is 196 g/mol. The summed E-state index contributed by atoms with van der Waals surface area (Å²) in [5.74, 6) is 1.38. The highest BCUT2D eigenvalue weighted by molar-refractivity contribution is 5.77. The molecule has 2 aliphatic rings. The van der Waals surface area contributed by atoms with Gasteiger partial charge in [-0.2, -0.15) is 0 Å². The zero-order chi connectivity index (χ0) is 10.2. The molecule has 14 heavy (non-hydrogen) atoms. The molecular weight excluding hydrogens is 176 g/mol. The van der Waals surface area contributed by atoms with Crippen LogP contribution in [-0.4, -0.2) is 13.1 Å². The van der Waals surface area contributed by atoms with Gasteiger partial charge in [-0.15, -0.1) is 0 Å². The van der Waals surface area contributed by atoms with Crippen LogP contribution in [0.1, 0.15) is 45.4 Å².